The number of carbonyl (C=O) groups excluding carboxylic acids is 1. The molecule has 2 atom stereocenters. The molecule has 1 saturated heterocycles. The van der Waals surface area contributed by atoms with Crippen LogP contribution < -0.4 is 4.74 Å². The van der Waals surface area contributed by atoms with Crippen molar-refractivity contribution in [3.8, 4) is 5.75 Å². The number of nitrogens with zero attached hydrogens (tertiary/aromatic N) is 1. The molecule has 0 radical (unpaired) electrons. The van der Waals surface area contributed by atoms with Crippen molar-refractivity contribution in [3.63, 3.8) is 0 Å². The minimum Gasteiger partial charge on any atom is -0.426 e. The van der Waals surface area contributed by atoms with Crippen LogP contribution in [0.1, 0.15) is 17.0 Å². The summed E-state index contributed by atoms with van der Waals surface area (Å²) >= 11 is 0. The third-order valence-electron chi connectivity index (χ3n) is 4.48. The number of rotatable bonds is 2. The minimum absolute atomic E-state index is 0.0244. The van der Waals surface area contributed by atoms with E-state index in [1.165, 1.54) is 11.1 Å². The zero-order valence-electron chi connectivity index (χ0n) is 11.7. The van der Waals surface area contributed by atoms with Crippen molar-refractivity contribution in [1.29, 1.82) is 0 Å². The molecule has 1 fully saturated rings. The van der Waals surface area contributed by atoms with E-state index in [1.807, 2.05) is 24.3 Å². The Balaban J connectivity index is 1.58. The molecule has 0 N–H and O–H groups in total. The number of hydrogen-bond donors (Lipinski definition) is 0. The van der Waals surface area contributed by atoms with E-state index >= 15 is 0 Å². The predicted molar refractivity (Wildman–Crippen MR) is 80.0 cm³/mol. The van der Waals surface area contributed by atoms with E-state index in [0.717, 1.165) is 25.4 Å². The van der Waals surface area contributed by atoms with E-state index in [9.17, 15) is 4.79 Å². The molecule has 3 nitrogen and oxygen atoms in total. The summed E-state index contributed by atoms with van der Waals surface area (Å²) in [6.45, 7) is 2.60. The highest BCUT2D eigenvalue weighted by atomic mass is 16.5. The summed E-state index contributed by atoms with van der Waals surface area (Å²) < 4.78 is 5.48. The third kappa shape index (κ3) is 2.24. The summed E-state index contributed by atoms with van der Waals surface area (Å²) in [6.07, 6.45) is 0. The van der Waals surface area contributed by atoms with Gasteiger partial charge in [-0.05, 0) is 11.6 Å². The first kappa shape index (κ1) is 12.6. The molecule has 0 saturated carbocycles. The van der Waals surface area contributed by atoms with Crippen LogP contribution in [0, 0.1) is 5.92 Å². The van der Waals surface area contributed by atoms with E-state index in [-0.39, 0.29) is 17.8 Å². The second-order valence-corrected chi connectivity index (χ2v) is 5.85. The van der Waals surface area contributed by atoms with Crippen molar-refractivity contribution in [2.45, 2.75) is 12.5 Å². The number of likely N-dealkylation sites (tertiary alicyclic amines) is 1. The molecule has 2 aromatic rings. The number of carbonyl (C=O) groups is 1. The van der Waals surface area contributed by atoms with Crippen molar-refractivity contribution >= 4 is 5.97 Å². The fraction of sp³-hybridized carbons (Fsp3) is 0.278. The number of ether oxygens (including phenoxy) is 1. The van der Waals surface area contributed by atoms with Crippen LogP contribution in [0.25, 0.3) is 0 Å². The molecular weight excluding hydrogens is 262 g/mol. The van der Waals surface area contributed by atoms with Gasteiger partial charge in [0, 0.05) is 31.1 Å². The average molecular weight is 279 g/mol. The molecule has 2 aromatic carbocycles. The van der Waals surface area contributed by atoms with E-state index in [0.29, 0.717) is 0 Å². The van der Waals surface area contributed by atoms with E-state index in [2.05, 4.69) is 35.2 Å². The van der Waals surface area contributed by atoms with E-state index in [1.54, 1.807) is 0 Å². The van der Waals surface area contributed by atoms with Gasteiger partial charge >= 0.3 is 5.97 Å². The van der Waals surface area contributed by atoms with Crippen LogP contribution in [0.3, 0.4) is 0 Å². The van der Waals surface area contributed by atoms with Gasteiger partial charge in [-0.3, -0.25) is 9.69 Å². The van der Waals surface area contributed by atoms with Gasteiger partial charge in [0.05, 0.1) is 5.92 Å². The van der Waals surface area contributed by atoms with Gasteiger partial charge in [-0.1, -0.05) is 48.5 Å². The van der Waals surface area contributed by atoms with Gasteiger partial charge in [0.2, 0.25) is 0 Å². The number of para-hydroxylation sites is 1. The lowest BCUT2D eigenvalue weighted by atomic mass is 9.86. The van der Waals surface area contributed by atoms with Gasteiger partial charge in [-0.2, -0.15) is 0 Å². The largest absolute Gasteiger partial charge is 0.426 e. The van der Waals surface area contributed by atoms with Crippen molar-refractivity contribution in [2.24, 2.45) is 5.92 Å². The highest BCUT2D eigenvalue weighted by Gasteiger charge is 2.43. The normalized spacial score (nSPS) is 24.3. The van der Waals surface area contributed by atoms with Crippen LogP contribution in [0.15, 0.2) is 54.6 Å². The lowest BCUT2D eigenvalue weighted by Crippen LogP contribution is -2.31. The standard InChI is InChI=1S/C18H17NO2/c20-18-16-12-19(10-13-6-2-1-3-7-13)11-15(16)14-8-4-5-9-17(14)21-18/h1-9,15-16H,10-12H2/t15-,16-/m0/s1. The summed E-state index contributed by atoms with van der Waals surface area (Å²) in [4.78, 5) is 14.5. The lowest BCUT2D eigenvalue weighted by molar-refractivity contribution is -0.140. The summed E-state index contributed by atoms with van der Waals surface area (Å²) in [5, 5.41) is 0. The van der Waals surface area contributed by atoms with Gasteiger partial charge in [-0.15, -0.1) is 0 Å². The van der Waals surface area contributed by atoms with Crippen LogP contribution in [-0.4, -0.2) is 24.0 Å². The average Bonchev–Trinajstić information content (AvgIpc) is 2.93. The monoisotopic (exact) mass is 279 g/mol. The van der Waals surface area contributed by atoms with Crippen LogP contribution in [-0.2, 0) is 11.3 Å². The molecule has 0 aromatic heterocycles. The van der Waals surface area contributed by atoms with Crippen molar-refractivity contribution < 1.29 is 9.53 Å². The van der Waals surface area contributed by atoms with Crippen LogP contribution in [0.5, 0.6) is 5.75 Å². The van der Waals surface area contributed by atoms with Crippen molar-refractivity contribution in [2.75, 3.05) is 13.1 Å². The molecule has 4 rings (SSSR count). The first-order chi connectivity index (χ1) is 10.3. The zero-order valence-corrected chi connectivity index (χ0v) is 11.7. The predicted octanol–water partition coefficient (Wildman–Crippen LogP) is 2.82. The number of benzene rings is 2. The quantitative estimate of drug-likeness (QED) is 0.625. The Hall–Kier alpha value is -2.13. The van der Waals surface area contributed by atoms with Gasteiger partial charge in [-0.25, -0.2) is 0 Å². The summed E-state index contributed by atoms with van der Waals surface area (Å²) in [6, 6.07) is 18.3. The maximum absolute atomic E-state index is 12.2. The molecule has 2 aliphatic rings. The molecule has 0 unspecified atom stereocenters. The Bertz CT molecular complexity index is 668. The highest BCUT2D eigenvalue weighted by Crippen LogP contribution is 2.42. The van der Waals surface area contributed by atoms with Gasteiger partial charge in [0.25, 0.3) is 0 Å². The minimum atomic E-state index is -0.0748. The number of esters is 1. The molecule has 2 heterocycles. The van der Waals surface area contributed by atoms with E-state index in [4.69, 9.17) is 4.74 Å². The summed E-state index contributed by atoms with van der Waals surface area (Å²) in [7, 11) is 0. The zero-order chi connectivity index (χ0) is 14.2. The summed E-state index contributed by atoms with van der Waals surface area (Å²) in [5.74, 6) is 0.911. The third-order valence-corrected chi connectivity index (χ3v) is 4.48. The fourth-order valence-corrected chi connectivity index (χ4v) is 3.47. The number of hydrogen-bond acceptors (Lipinski definition) is 3. The summed E-state index contributed by atoms with van der Waals surface area (Å²) in [5.41, 5.74) is 2.47. The fourth-order valence-electron chi connectivity index (χ4n) is 3.47. The van der Waals surface area contributed by atoms with Gasteiger partial charge in [0.1, 0.15) is 5.75 Å². The molecule has 0 spiro atoms. The molecule has 2 aliphatic heterocycles. The van der Waals surface area contributed by atoms with Crippen LogP contribution >= 0.6 is 0 Å². The topological polar surface area (TPSA) is 29.5 Å². The Morgan fingerprint density at radius 3 is 2.52 bits per heavy atom. The van der Waals surface area contributed by atoms with Gasteiger partial charge < -0.3 is 4.74 Å². The molecular formula is C18H17NO2. The molecule has 21 heavy (non-hydrogen) atoms. The van der Waals surface area contributed by atoms with Crippen LogP contribution in [0.2, 0.25) is 0 Å². The van der Waals surface area contributed by atoms with Crippen molar-refractivity contribution in [1.82, 2.24) is 4.90 Å². The molecule has 0 amide bonds. The molecule has 3 heteroatoms. The van der Waals surface area contributed by atoms with E-state index < -0.39 is 0 Å². The lowest BCUT2D eigenvalue weighted by Gasteiger charge is -2.25. The second-order valence-electron chi connectivity index (χ2n) is 5.85. The first-order valence-electron chi connectivity index (χ1n) is 7.38. The number of fused-ring (bicyclic) bond motifs is 3. The molecule has 0 aliphatic carbocycles. The highest BCUT2D eigenvalue weighted by molar-refractivity contribution is 5.80. The van der Waals surface area contributed by atoms with Gasteiger partial charge in [0.15, 0.2) is 0 Å². The Kier molecular flexibility index (Phi) is 3.00. The Morgan fingerprint density at radius 1 is 0.952 bits per heavy atom. The smallest absolute Gasteiger partial charge is 0.316 e. The maximum Gasteiger partial charge on any atom is 0.316 e. The second kappa shape index (κ2) is 5.01. The maximum atomic E-state index is 12.2. The van der Waals surface area contributed by atoms with Crippen LogP contribution in [0.4, 0.5) is 0 Å². The Morgan fingerprint density at radius 2 is 1.67 bits per heavy atom. The molecule has 106 valence electrons. The Labute approximate surface area is 124 Å². The van der Waals surface area contributed by atoms with Crippen molar-refractivity contribution in [3.05, 3.63) is 65.7 Å². The SMILES string of the molecule is O=C1Oc2ccccc2[C@@H]2CN(Cc3ccccc3)C[C@H]12. The molecule has 0 bridgehead atoms. The first-order valence-corrected chi connectivity index (χ1v) is 7.38.